The summed E-state index contributed by atoms with van der Waals surface area (Å²) in [6.07, 6.45) is 0. The zero-order chi connectivity index (χ0) is 11.2. The third-order valence-corrected chi connectivity index (χ3v) is 3.86. The summed E-state index contributed by atoms with van der Waals surface area (Å²) in [6.45, 7) is 6.98. The quantitative estimate of drug-likeness (QED) is 0.806. The molecule has 0 radical (unpaired) electrons. The lowest BCUT2D eigenvalue weighted by Gasteiger charge is -2.31. The fraction of sp³-hybridized carbons (Fsp3) is 0.538. The van der Waals surface area contributed by atoms with Gasteiger partial charge in [-0.2, -0.15) is 0 Å². The summed E-state index contributed by atoms with van der Waals surface area (Å²) in [6, 6.07) is 11.3. The fourth-order valence-electron chi connectivity index (χ4n) is 2.02. The van der Waals surface area contributed by atoms with Gasteiger partial charge in [0.05, 0.1) is 0 Å². The molecule has 0 aromatic heterocycles. The second-order valence-corrected chi connectivity index (χ2v) is 5.49. The Bertz CT molecular complexity index is 302. The number of nitrogens with zero attached hydrogens (tertiary/aromatic N) is 1. The van der Waals surface area contributed by atoms with E-state index in [9.17, 15) is 0 Å². The predicted molar refractivity (Wildman–Crippen MR) is 71.1 cm³/mol. The van der Waals surface area contributed by atoms with E-state index in [1.807, 2.05) is 11.8 Å². The first-order chi connectivity index (χ1) is 7.84. The number of hydrogen-bond donors (Lipinski definition) is 1. The van der Waals surface area contributed by atoms with Gasteiger partial charge in [0.25, 0.3) is 0 Å². The summed E-state index contributed by atoms with van der Waals surface area (Å²) < 4.78 is 0. The second kappa shape index (κ2) is 6.28. The van der Waals surface area contributed by atoms with E-state index in [0.717, 1.165) is 6.54 Å². The number of benzene rings is 1. The molecule has 0 amide bonds. The van der Waals surface area contributed by atoms with E-state index in [0.29, 0.717) is 6.04 Å². The largest absolute Gasteiger partial charge is 0.312 e. The Labute approximate surface area is 102 Å². The Balaban J connectivity index is 1.68. The lowest BCUT2D eigenvalue weighted by atomic mass is 10.2. The molecule has 2 nitrogen and oxygen atoms in total. The van der Waals surface area contributed by atoms with Gasteiger partial charge >= 0.3 is 0 Å². The predicted octanol–water partition coefficient (Wildman–Crippen LogP) is 2.07. The van der Waals surface area contributed by atoms with Gasteiger partial charge in [0.15, 0.2) is 0 Å². The lowest BCUT2D eigenvalue weighted by molar-refractivity contribution is 0.218. The monoisotopic (exact) mass is 236 g/mol. The van der Waals surface area contributed by atoms with Crippen LogP contribution in [0.2, 0.25) is 0 Å². The number of rotatable bonds is 4. The van der Waals surface area contributed by atoms with Gasteiger partial charge in [-0.1, -0.05) is 18.2 Å². The van der Waals surface area contributed by atoms with E-state index in [2.05, 4.69) is 47.5 Å². The molecular weight excluding hydrogens is 216 g/mol. The minimum Gasteiger partial charge on any atom is -0.312 e. The van der Waals surface area contributed by atoms with Gasteiger partial charge in [0.2, 0.25) is 0 Å². The van der Waals surface area contributed by atoms with Crippen molar-refractivity contribution in [2.75, 3.05) is 31.9 Å². The molecule has 1 aliphatic heterocycles. The zero-order valence-electron chi connectivity index (χ0n) is 9.86. The molecule has 0 bridgehead atoms. The minimum absolute atomic E-state index is 0.649. The molecule has 88 valence electrons. The van der Waals surface area contributed by atoms with E-state index < -0.39 is 0 Å². The average molecular weight is 236 g/mol. The van der Waals surface area contributed by atoms with Crippen molar-refractivity contribution >= 4 is 11.8 Å². The molecule has 1 N–H and O–H groups in total. The maximum atomic E-state index is 3.47. The van der Waals surface area contributed by atoms with Crippen molar-refractivity contribution in [1.82, 2.24) is 10.2 Å². The molecule has 2 rings (SSSR count). The molecule has 1 heterocycles. The summed E-state index contributed by atoms with van der Waals surface area (Å²) in [5.74, 6) is 1.19. The number of thioether (sulfide) groups is 1. The Morgan fingerprint density at radius 2 is 2.19 bits per heavy atom. The molecule has 1 atom stereocenters. The molecule has 3 heteroatoms. The van der Waals surface area contributed by atoms with Crippen molar-refractivity contribution in [3.05, 3.63) is 30.3 Å². The van der Waals surface area contributed by atoms with Crippen LogP contribution in [-0.2, 0) is 0 Å². The summed E-state index contributed by atoms with van der Waals surface area (Å²) >= 11 is 1.95. The molecule has 16 heavy (non-hydrogen) atoms. The van der Waals surface area contributed by atoms with Gasteiger partial charge in [-0.15, -0.1) is 11.8 Å². The molecule has 1 aromatic carbocycles. The molecule has 0 aliphatic carbocycles. The Hall–Kier alpha value is -0.510. The van der Waals surface area contributed by atoms with E-state index in [4.69, 9.17) is 0 Å². The highest BCUT2D eigenvalue weighted by Gasteiger charge is 2.14. The van der Waals surface area contributed by atoms with Crippen molar-refractivity contribution in [2.45, 2.75) is 17.9 Å². The first kappa shape index (κ1) is 12.0. The summed E-state index contributed by atoms with van der Waals surface area (Å²) in [5, 5.41) is 3.47. The van der Waals surface area contributed by atoms with Gasteiger partial charge in [0.1, 0.15) is 0 Å². The van der Waals surface area contributed by atoms with Crippen LogP contribution in [0.15, 0.2) is 35.2 Å². The first-order valence-corrected chi connectivity index (χ1v) is 6.97. The zero-order valence-corrected chi connectivity index (χ0v) is 10.7. The minimum atomic E-state index is 0.649. The summed E-state index contributed by atoms with van der Waals surface area (Å²) in [7, 11) is 0. The Morgan fingerprint density at radius 1 is 1.38 bits per heavy atom. The van der Waals surface area contributed by atoms with Crippen molar-refractivity contribution in [3.8, 4) is 0 Å². The van der Waals surface area contributed by atoms with Gasteiger partial charge in [-0.05, 0) is 19.1 Å². The van der Waals surface area contributed by atoms with Crippen LogP contribution in [0.3, 0.4) is 0 Å². The summed E-state index contributed by atoms with van der Waals surface area (Å²) in [5.41, 5.74) is 0. The fourth-order valence-corrected chi connectivity index (χ4v) is 2.96. The molecule has 0 unspecified atom stereocenters. The number of hydrogen-bond acceptors (Lipinski definition) is 3. The van der Waals surface area contributed by atoms with Crippen molar-refractivity contribution < 1.29 is 0 Å². The lowest BCUT2D eigenvalue weighted by Crippen LogP contribution is -2.49. The van der Waals surface area contributed by atoms with Crippen LogP contribution in [0.1, 0.15) is 6.92 Å². The Kier molecular flexibility index (Phi) is 4.69. The van der Waals surface area contributed by atoms with Crippen molar-refractivity contribution in [2.24, 2.45) is 0 Å². The van der Waals surface area contributed by atoms with Crippen LogP contribution in [0.5, 0.6) is 0 Å². The first-order valence-electron chi connectivity index (χ1n) is 5.98. The van der Waals surface area contributed by atoms with Crippen LogP contribution >= 0.6 is 11.8 Å². The highest BCUT2D eigenvalue weighted by Crippen LogP contribution is 2.16. The van der Waals surface area contributed by atoms with E-state index in [1.54, 1.807) is 0 Å². The SMILES string of the molecule is C[C@H]1CN(CCSc2ccccc2)CCN1. The topological polar surface area (TPSA) is 15.3 Å². The molecule has 1 aromatic rings. The molecule has 1 fully saturated rings. The van der Waals surface area contributed by atoms with Crippen LogP contribution in [0.25, 0.3) is 0 Å². The maximum Gasteiger partial charge on any atom is 0.0167 e. The second-order valence-electron chi connectivity index (χ2n) is 4.32. The molecule has 0 spiro atoms. The smallest absolute Gasteiger partial charge is 0.0167 e. The van der Waals surface area contributed by atoms with E-state index in [-0.39, 0.29) is 0 Å². The average Bonchev–Trinajstić information content (AvgIpc) is 2.30. The molecule has 1 aliphatic rings. The molecular formula is C13H20N2S. The third-order valence-electron chi connectivity index (χ3n) is 2.87. The highest BCUT2D eigenvalue weighted by atomic mass is 32.2. The van der Waals surface area contributed by atoms with Gasteiger partial charge in [-0.25, -0.2) is 0 Å². The summed E-state index contributed by atoms with van der Waals surface area (Å²) in [4.78, 5) is 3.93. The van der Waals surface area contributed by atoms with Crippen LogP contribution in [0, 0.1) is 0 Å². The van der Waals surface area contributed by atoms with Crippen LogP contribution < -0.4 is 5.32 Å². The number of nitrogens with one attached hydrogen (secondary N) is 1. The standard InChI is InChI=1S/C13H20N2S/c1-12-11-15(8-7-14-12)9-10-16-13-5-3-2-4-6-13/h2-6,12,14H,7-11H2,1H3/t12-/m0/s1. The third kappa shape index (κ3) is 3.81. The number of piperazine rings is 1. The van der Waals surface area contributed by atoms with Crippen molar-refractivity contribution in [3.63, 3.8) is 0 Å². The van der Waals surface area contributed by atoms with Gasteiger partial charge in [-0.3, -0.25) is 4.90 Å². The maximum absolute atomic E-state index is 3.47. The van der Waals surface area contributed by atoms with Crippen LogP contribution in [-0.4, -0.2) is 42.9 Å². The van der Waals surface area contributed by atoms with E-state index in [1.165, 1.54) is 30.3 Å². The molecule has 0 saturated carbocycles. The van der Waals surface area contributed by atoms with E-state index >= 15 is 0 Å². The highest BCUT2D eigenvalue weighted by molar-refractivity contribution is 7.99. The Morgan fingerprint density at radius 3 is 2.94 bits per heavy atom. The van der Waals surface area contributed by atoms with Gasteiger partial charge in [0, 0.05) is 42.9 Å². The van der Waals surface area contributed by atoms with Crippen LogP contribution in [0.4, 0.5) is 0 Å². The molecule has 1 saturated heterocycles. The van der Waals surface area contributed by atoms with Gasteiger partial charge < -0.3 is 5.32 Å². The van der Waals surface area contributed by atoms with Crippen molar-refractivity contribution in [1.29, 1.82) is 0 Å². The normalized spacial score (nSPS) is 22.2.